The SMILES string of the molecule is C[C@@H](C1CC1)N(Cc1ccccc1)C(=O)CN1C(=O)OC2(CCc3cc(N4CC(CO)C4)ccc32)C1=O. The number of carbonyl (C=O) groups excluding carboxylic acids is 3. The average Bonchev–Trinajstić information content (AvgIpc) is 3.63. The van der Waals surface area contributed by atoms with Crippen molar-refractivity contribution in [1.82, 2.24) is 9.80 Å². The maximum Gasteiger partial charge on any atom is 0.418 e. The first-order valence-corrected chi connectivity index (χ1v) is 13.3. The van der Waals surface area contributed by atoms with Crippen LogP contribution in [0.4, 0.5) is 10.5 Å². The van der Waals surface area contributed by atoms with E-state index >= 15 is 0 Å². The Hall–Kier alpha value is -3.39. The summed E-state index contributed by atoms with van der Waals surface area (Å²) in [5.74, 6) is 0.0677. The first-order valence-electron chi connectivity index (χ1n) is 13.3. The summed E-state index contributed by atoms with van der Waals surface area (Å²) in [6.45, 7) is 3.99. The van der Waals surface area contributed by atoms with Crippen LogP contribution in [-0.4, -0.2) is 65.1 Å². The average molecular weight is 504 g/mol. The van der Waals surface area contributed by atoms with E-state index in [1.807, 2.05) is 42.5 Å². The number of aliphatic hydroxyl groups is 1. The number of ether oxygens (including phenoxy) is 1. The molecule has 1 unspecified atom stereocenters. The minimum atomic E-state index is -1.35. The number of benzene rings is 2. The molecule has 2 aromatic rings. The zero-order valence-corrected chi connectivity index (χ0v) is 21.1. The van der Waals surface area contributed by atoms with E-state index in [4.69, 9.17) is 4.74 Å². The molecule has 1 saturated carbocycles. The van der Waals surface area contributed by atoms with E-state index in [9.17, 15) is 19.5 Å². The molecule has 8 nitrogen and oxygen atoms in total. The highest BCUT2D eigenvalue weighted by Gasteiger charge is 2.58. The molecule has 4 aliphatic rings. The molecule has 6 rings (SSSR count). The molecule has 0 bridgehead atoms. The topological polar surface area (TPSA) is 90.4 Å². The van der Waals surface area contributed by atoms with Gasteiger partial charge in [-0.15, -0.1) is 0 Å². The van der Waals surface area contributed by atoms with E-state index in [0.717, 1.165) is 53.2 Å². The van der Waals surface area contributed by atoms with Crippen LogP contribution in [0.1, 0.15) is 42.9 Å². The molecular formula is C29H33N3O5. The molecule has 2 heterocycles. The first-order chi connectivity index (χ1) is 17.9. The van der Waals surface area contributed by atoms with E-state index in [0.29, 0.717) is 31.2 Å². The molecule has 8 heteroatoms. The number of imide groups is 1. The lowest BCUT2D eigenvalue weighted by atomic mass is 9.93. The summed E-state index contributed by atoms with van der Waals surface area (Å²) in [7, 11) is 0. The van der Waals surface area contributed by atoms with Gasteiger partial charge in [0, 0.05) is 55.9 Å². The van der Waals surface area contributed by atoms with Crippen LogP contribution < -0.4 is 4.90 Å². The lowest BCUT2D eigenvalue weighted by Gasteiger charge is -2.40. The van der Waals surface area contributed by atoms with Gasteiger partial charge in [-0.2, -0.15) is 0 Å². The van der Waals surface area contributed by atoms with Crippen LogP contribution in [0, 0.1) is 11.8 Å². The van der Waals surface area contributed by atoms with Crippen molar-refractivity contribution < 1.29 is 24.2 Å². The van der Waals surface area contributed by atoms with Crippen molar-refractivity contribution in [2.45, 2.75) is 50.8 Å². The third-order valence-electron chi connectivity index (χ3n) is 8.53. The van der Waals surface area contributed by atoms with Crippen molar-refractivity contribution in [3.05, 3.63) is 65.2 Å². The van der Waals surface area contributed by atoms with Gasteiger partial charge in [0.15, 0.2) is 0 Å². The molecular weight excluding hydrogens is 470 g/mol. The third kappa shape index (κ3) is 4.17. The second kappa shape index (κ2) is 9.17. The highest BCUT2D eigenvalue weighted by Crippen LogP contribution is 2.46. The number of nitrogens with zero attached hydrogens (tertiary/aromatic N) is 3. The van der Waals surface area contributed by atoms with E-state index in [-0.39, 0.29) is 25.1 Å². The van der Waals surface area contributed by atoms with Crippen molar-refractivity contribution in [1.29, 1.82) is 0 Å². The highest BCUT2D eigenvalue weighted by molar-refractivity contribution is 6.06. The van der Waals surface area contributed by atoms with Gasteiger partial charge < -0.3 is 19.6 Å². The number of hydrogen-bond acceptors (Lipinski definition) is 6. The van der Waals surface area contributed by atoms with Crippen LogP contribution in [0.15, 0.2) is 48.5 Å². The molecule has 37 heavy (non-hydrogen) atoms. The zero-order chi connectivity index (χ0) is 25.7. The number of aliphatic hydroxyl groups excluding tert-OH is 1. The predicted octanol–water partition coefficient (Wildman–Crippen LogP) is 3.06. The Balaban J connectivity index is 1.19. The quantitative estimate of drug-likeness (QED) is 0.596. The molecule has 2 atom stereocenters. The molecule has 2 aromatic carbocycles. The minimum absolute atomic E-state index is 0.0351. The van der Waals surface area contributed by atoms with Gasteiger partial charge in [0.25, 0.3) is 5.91 Å². The summed E-state index contributed by atoms with van der Waals surface area (Å²) >= 11 is 0. The second-order valence-electron chi connectivity index (χ2n) is 11.0. The summed E-state index contributed by atoms with van der Waals surface area (Å²) in [5.41, 5.74) is 2.43. The number of carbonyl (C=O) groups is 3. The number of aryl methyl sites for hydroxylation is 1. The van der Waals surface area contributed by atoms with Gasteiger partial charge in [0.2, 0.25) is 11.5 Å². The first kappa shape index (κ1) is 24.0. The van der Waals surface area contributed by atoms with Crippen LogP contribution in [0.25, 0.3) is 0 Å². The van der Waals surface area contributed by atoms with Crippen molar-refractivity contribution in [3.8, 4) is 0 Å². The number of amides is 3. The molecule has 2 aliphatic heterocycles. The van der Waals surface area contributed by atoms with E-state index in [2.05, 4.69) is 17.9 Å². The van der Waals surface area contributed by atoms with Crippen molar-refractivity contribution in [2.75, 3.05) is 31.1 Å². The Morgan fingerprint density at radius 3 is 2.62 bits per heavy atom. The summed E-state index contributed by atoms with van der Waals surface area (Å²) < 4.78 is 5.78. The smallest absolute Gasteiger partial charge is 0.418 e. The van der Waals surface area contributed by atoms with Crippen molar-refractivity contribution >= 4 is 23.6 Å². The van der Waals surface area contributed by atoms with Crippen LogP contribution in [0.3, 0.4) is 0 Å². The standard InChI is InChI=1S/C29H33N3O5/c1-19(22-7-8-22)31(16-20-5-3-2-4-6-20)26(34)17-32-27(35)29(37-28(32)36)12-11-23-13-24(9-10-25(23)29)30-14-21(15-30)18-33/h2-6,9-10,13,19,21-22,33H,7-8,11-12,14-18H2,1H3/t19-,29?/m0/s1. The maximum atomic E-state index is 13.7. The second-order valence-corrected chi connectivity index (χ2v) is 11.0. The van der Waals surface area contributed by atoms with Crippen molar-refractivity contribution in [3.63, 3.8) is 0 Å². The summed E-state index contributed by atoms with van der Waals surface area (Å²) in [6, 6.07) is 15.7. The van der Waals surface area contributed by atoms with Gasteiger partial charge in [-0.3, -0.25) is 9.59 Å². The number of hydrogen-bond donors (Lipinski definition) is 1. The van der Waals surface area contributed by atoms with Crippen LogP contribution >= 0.6 is 0 Å². The van der Waals surface area contributed by atoms with Gasteiger partial charge >= 0.3 is 6.09 Å². The minimum Gasteiger partial charge on any atom is -0.427 e. The number of anilines is 1. The molecule has 1 spiro atoms. The highest BCUT2D eigenvalue weighted by atomic mass is 16.6. The summed E-state index contributed by atoms with van der Waals surface area (Å²) in [4.78, 5) is 45.2. The lowest BCUT2D eigenvalue weighted by molar-refractivity contribution is -0.143. The molecule has 2 aliphatic carbocycles. The molecule has 0 radical (unpaired) electrons. The Kier molecular flexibility index (Phi) is 5.94. The van der Waals surface area contributed by atoms with Gasteiger partial charge in [-0.1, -0.05) is 36.4 Å². The van der Waals surface area contributed by atoms with Crippen LogP contribution in [-0.2, 0) is 32.9 Å². The zero-order valence-electron chi connectivity index (χ0n) is 21.1. The van der Waals surface area contributed by atoms with Gasteiger partial charge in [0.1, 0.15) is 6.54 Å². The largest absolute Gasteiger partial charge is 0.427 e. The lowest BCUT2D eigenvalue weighted by Crippen LogP contribution is -2.48. The fourth-order valence-corrected chi connectivity index (χ4v) is 6.03. The van der Waals surface area contributed by atoms with Crippen LogP contribution in [0.2, 0.25) is 0 Å². The van der Waals surface area contributed by atoms with Gasteiger partial charge in [-0.05, 0) is 55.4 Å². The molecule has 194 valence electrons. The van der Waals surface area contributed by atoms with Crippen LogP contribution in [0.5, 0.6) is 0 Å². The monoisotopic (exact) mass is 503 g/mol. The van der Waals surface area contributed by atoms with E-state index < -0.39 is 17.6 Å². The normalized spacial score (nSPS) is 23.7. The Labute approximate surface area is 216 Å². The van der Waals surface area contributed by atoms with E-state index in [1.54, 1.807) is 4.90 Å². The molecule has 0 aromatic heterocycles. The predicted molar refractivity (Wildman–Crippen MR) is 137 cm³/mol. The number of fused-ring (bicyclic) bond motifs is 2. The molecule has 1 N–H and O–H groups in total. The summed E-state index contributed by atoms with van der Waals surface area (Å²) in [6.07, 6.45) is 2.43. The van der Waals surface area contributed by atoms with Gasteiger partial charge in [-0.25, -0.2) is 9.69 Å². The fourth-order valence-electron chi connectivity index (χ4n) is 6.03. The summed E-state index contributed by atoms with van der Waals surface area (Å²) in [5, 5.41) is 9.31. The molecule has 2 saturated heterocycles. The van der Waals surface area contributed by atoms with Crippen molar-refractivity contribution in [2.24, 2.45) is 11.8 Å². The maximum absolute atomic E-state index is 13.7. The Morgan fingerprint density at radius 1 is 1.16 bits per heavy atom. The number of rotatable bonds is 8. The third-order valence-corrected chi connectivity index (χ3v) is 8.53. The Morgan fingerprint density at radius 2 is 1.92 bits per heavy atom. The van der Waals surface area contributed by atoms with Gasteiger partial charge in [0.05, 0.1) is 0 Å². The molecule has 3 amide bonds. The Bertz CT molecular complexity index is 1220. The van der Waals surface area contributed by atoms with E-state index in [1.165, 1.54) is 0 Å². The molecule has 3 fully saturated rings. The fraction of sp³-hybridized carbons (Fsp3) is 0.483.